The second-order valence-corrected chi connectivity index (χ2v) is 4.84. The Morgan fingerprint density at radius 3 is 2.29 bits per heavy atom. The molecule has 1 aliphatic carbocycles. The van der Waals surface area contributed by atoms with Crippen LogP contribution in [0.15, 0.2) is 0 Å². The summed E-state index contributed by atoms with van der Waals surface area (Å²) in [6.45, 7) is 3.83. The van der Waals surface area contributed by atoms with Crippen LogP contribution < -0.4 is 0 Å². The first-order valence-corrected chi connectivity index (χ1v) is 5.63. The third-order valence-corrected chi connectivity index (χ3v) is 3.88. The highest BCUT2D eigenvalue weighted by Crippen LogP contribution is 2.37. The first-order chi connectivity index (χ1) is 6.61. The van der Waals surface area contributed by atoms with Crippen LogP contribution in [0.5, 0.6) is 0 Å². The monoisotopic (exact) mass is 200 g/mol. The molecule has 0 aromatic carbocycles. The predicted molar refractivity (Wildman–Crippen MR) is 52.9 cm³/mol. The molecule has 3 nitrogen and oxygen atoms in total. The third-order valence-electron chi connectivity index (χ3n) is 3.88. The Hall–Kier alpha value is -0.120. The molecular weight excluding hydrogens is 180 g/mol. The molecule has 2 fully saturated rings. The molecule has 1 aliphatic heterocycles. The summed E-state index contributed by atoms with van der Waals surface area (Å²) in [5.41, 5.74) is 0. The lowest BCUT2D eigenvalue weighted by molar-refractivity contribution is -0.0798. The minimum absolute atomic E-state index is 0.0561. The van der Waals surface area contributed by atoms with Crippen molar-refractivity contribution in [2.75, 3.05) is 0 Å². The average Bonchev–Trinajstić information content (AvgIpc) is 2.30. The second kappa shape index (κ2) is 3.80. The van der Waals surface area contributed by atoms with Crippen molar-refractivity contribution >= 4 is 0 Å². The van der Waals surface area contributed by atoms with Crippen molar-refractivity contribution in [3.8, 4) is 0 Å². The predicted octanol–water partition coefficient (Wildman–Crippen LogP) is 0.932. The topological polar surface area (TPSA) is 49.7 Å². The molecule has 2 N–H and O–H groups in total. The minimum Gasteiger partial charge on any atom is -0.390 e. The van der Waals surface area contributed by atoms with Gasteiger partial charge >= 0.3 is 0 Å². The molecule has 0 amide bonds. The molecule has 1 heterocycles. The quantitative estimate of drug-likeness (QED) is 0.697. The Labute approximate surface area is 85.1 Å². The molecule has 82 valence electrons. The number of hydrogen-bond acceptors (Lipinski definition) is 3. The van der Waals surface area contributed by atoms with Gasteiger partial charge in [0.15, 0.2) is 0 Å². The summed E-state index contributed by atoms with van der Waals surface area (Å²) in [6.07, 6.45) is 2.35. The van der Waals surface area contributed by atoms with Crippen molar-refractivity contribution in [3.05, 3.63) is 0 Å². The summed E-state index contributed by atoms with van der Waals surface area (Å²) in [5.74, 6) is 0.459. The van der Waals surface area contributed by atoms with Crippen LogP contribution in [0.25, 0.3) is 0 Å². The Morgan fingerprint density at radius 2 is 1.93 bits per heavy atom. The van der Waals surface area contributed by atoms with Gasteiger partial charge in [-0.05, 0) is 25.7 Å². The lowest BCUT2D eigenvalue weighted by atomic mass is 9.77. The highest BCUT2D eigenvalue weighted by molar-refractivity contribution is 4.93. The number of hydrogen-bond donors (Lipinski definition) is 2. The Kier molecular flexibility index (Phi) is 2.82. The van der Waals surface area contributed by atoms with E-state index in [1.54, 1.807) is 0 Å². The Bertz CT molecular complexity index is 203. The number of aliphatic hydroxyl groups is 2. The summed E-state index contributed by atoms with van der Waals surface area (Å²) in [4.78, 5) is 0. The molecule has 0 bridgehead atoms. The van der Waals surface area contributed by atoms with E-state index in [9.17, 15) is 10.2 Å². The summed E-state index contributed by atoms with van der Waals surface area (Å²) >= 11 is 0. The van der Waals surface area contributed by atoms with Gasteiger partial charge in [0.2, 0.25) is 0 Å². The normalized spacial score (nSPS) is 46.3. The first kappa shape index (κ1) is 10.4. The van der Waals surface area contributed by atoms with Crippen molar-refractivity contribution in [2.24, 2.45) is 11.8 Å². The van der Waals surface area contributed by atoms with Gasteiger partial charge in [-0.1, -0.05) is 13.3 Å². The van der Waals surface area contributed by atoms with Crippen LogP contribution in [-0.4, -0.2) is 34.6 Å². The van der Waals surface area contributed by atoms with E-state index in [1.165, 1.54) is 6.42 Å². The number of rotatable bonds is 2. The molecule has 1 saturated carbocycles. The van der Waals surface area contributed by atoms with Crippen LogP contribution in [0.2, 0.25) is 0 Å². The molecule has 0 aromatic heterocycles. The minimum atomic E-state index is -0.422. The fraction of sp³-hybridized carbons (Fsp3) is 1.00. The van der Waals surface area contributed by atoms with E-state index < -0.39 is 6.10 Å². The highest BCUT2D eigenvalue weighted by atomic mass is 16.5. The summed E-state index contributed by atoms with van der Waals surface area (Å²) in [5, 5.41) is 19.8. The molecule has 0 spiro atoms. The molecule has 14 heavy (non-hydrogen) atoms. The van der Waals surface area contributed by atoms with Crippen LogP contribution >= 0.6 is 0 Å². The molecule has 1 saturated heterocycles. The van der Waals surface area contributed by atoms with Gasteiger partial charge in [-0.15, -0.1) is 0 Å². The van der Waals surface area contributed by atoms with E-state index in [-0.39, 0.29) is 24.2 Å². The smallest absolute Gasteiger partial charge is 0.0892 e. The average molecular weight is 200 g/mol. The van der Waals surface area contributed by atoms with Gasteiger partial charge in [0.1, 0.15) is 0 Å². The zero-order valence-corrected chi connectivity index (χ0v) is 8.89. The van der Waals surface area contributed by atoms with Gasteiger partial charge in [-0.2, -0.15) is 0 Å². The van der Waals surface area contributed by atoms with Gasteiger partial charge in [0.25, 0.3) is 0 Å². The van der Waals surface area contributed by atoms with Crippen LogP contribution in [-0.2, 0) is 4.74 Å². The van der Waals surface area contributed by atoms with Crippen molar-refractivity contribution < 1.29 is 14.9 Å². The molecule has 2 rings (SSSR count). The van der Waals surface area contributed by atoms with Crippen molar-refractivity contribution in [1.29, 1.82) is 0 Å². The lowest BCUT2D eigenvalue weighted by Crippen LogP contribution is -2.40. The number of ether oxygens (including phenoxy) is 1. The zero-order chi connectivity index (χ0) is 10.3. The molecule has 2 aliphatic rings. The van der Waals surface area contributed by atoms with Gasteiger partial charge in [0.05, 0.1) is 24.4 Å². The summed E-state index contributed by atoms with van der Waals surface area (Å²) in [7, 11) is 0. The first-order valence-electron chi connectivity index (χ1n) is 5.63. The fourth-order valence-corrected chi connectivity index (χ4v) is 2.52. The Morgan fingerprint density at radius 1 is 1.29 bits per heavy atom. The van der Waals surface area contributed by atoms with E-state index in [1.807, 2.05) is 13.8 Å². The lowest BCUT2D eigenvalue weighted by Gasteiger charge is -2.34. The summed E-state index contributed by atoms with van der Waals surface area (Å²) in [6, 6.07) is 0. The van der Waals surface area contributed by atoms with E-state index in [0.717, 1.165) is 12.8 Å². The van der Waals surface area contributed by atoms with Gasteiger partial charge in [0, 0.05) is 5.92 Å². The van der Waals surface area contributed by atoms with Crippen molar-refractivity contribution in [1.82, 2.24) is 0 Å². The molecular formula is C11H20O3. The molecule has 0 aromatic rings. The number of aliphatic hydroxyl groups excluding tert-OH is 2. The van der Waals surface area contributed by atoms with E-state index in [0.29, 0.717) is 5.92 Å². The van der Waals surface area contributed by atoms with Crippen molar-refractivity contribution in [2.45, 2.75) is 57.5 Å². The molecule has 0 radical (unpaired) electrons. The van der Waals surface area contributed by atoms with E-state index in [4.69, 9.17) is 4.74 Å². The largest absolute Gasteiger partial charge is 0.390 e. The standard InChI is InChI=1S/C11H20O3/c1-6-9(12)7(2)14-11(6)10(13)8-4-3-5-8/h6-13H,3-5H2,1-2H3/t6-,7-,9+,10+,11-/m0/s1. The van der Waals surface area contributed by atoms with Gasteiger partial charge in [-0.25, -0.2) is 0 Å². The van der Waals surface area contributed by atoms with E-state index in [2.05, 4.69) is 0 Å². The molecule has 3 heteroatoms. The van der Waals surface area contributed by atoms with Crippen LogP contribution in [0.3, 0.4) is 0 Å². The van der Waals surface area contributed by atoms with Gasteiger partial charge < -0.3 is 14.9 Å². The molecule has 5 atom stereocenters. The third kappa shape index (κ3) is 1.58. The maximum Gasteiger partial charge on any atom is 0.0892 e. The van der Waals surface area contributed by atoms with Crippen molar-refractivity contribution in [3.63, 3.8) is 0 Å². The zero-order valence-electron chi connectivity index (χ0n) is 8.89. The Balaban J connectivity index is 1.97. The fourth-order valence-electron chi connectivity index (χ4n) is 2.52. The van der Waals surface area contributed by atoms with Crippen LogP contribution in [0.1, 0.15) is 33.1 Å². The molecule has 0 unspecified atom stereocenters. The highest BCUT2D eigenvalue weighted by Gasteiger charge is 2.45. The maximum atomic E-state index is 10.0. The van der Waals surface area contributed by atoms with Crippen LogP contribution in [0, 0.1) is 11.8 Å². The SMILES string of the molecule is C[C@H]1[C@@H](O)[C@H](C)O[C@@H]1[C@H](O)C1CCC1. The van der Waals surface area contributed by atoms with E-state index >= 15 is 0 Å². The second-order valence-electron chi connectivity index (χ2n) is 4.84. The summed E-state index contributed by atoms with van der Waals surface area (Å²) < 4.78 is 5.60. The maximum absolute atomic E-state index is 10.0. The van der Waals surface area contributed by atoms with Gasteiger partial charge in [-0.3, -0.25) is 0 Å². The van der Waals surface area contributed by atoms with Crippen LogP contribution in [0.4, 0.5) is 0 Å².